The number of nitrogens with one attached hydrogen (secondary N) is 1. The van der Waals surface area contributed by atoms with E-state index >= 15 is 0 Å². The average molecular weight is 359 g/mol. The second-order valence-electron chi connectivity index (χ2n) is 8.47. The third-order valence-corrected chi connectivity index (χ3v) is 6.89. The molecule has 0 unspecified atom stereocenters. The zero-order valence-electron chi connectivity index (χ0n) is 16.1. The van der Waals surface area contributed by atoms with Gasteiger partial charge in [-0.3, -0.25) is 0 Å². The van der Waals surface area contributed by atoms with E-state index in [1.54, 1.807) is 18.4 Å². The molecule has 0 atom stereocenters. The first-order valence-corrected chi connectivity index (χ1v) is 10.1. The van der Waals surface area contributed by atoms with E-state index in [0.29, 0.717) is 16.9 Å². The number of ether oxygens (including phenoxy) is 1. The van der Waals surface area contributed by atoms with Crippen molar-refractivity contribution in [2.24, 2.45) is 10.8 Å². The first-order chi connectivity index (χ1) is 11.8. The van der Waals surface area contributed by atoms with Crippen molar-refractivity contribution >= 4 is 16.5 Å². The molecule has 1 aliphatic rings. The van der Waals surface area contributed by atoms with Crippen LogP contribution in [0.15, 0.2) is 29.6 Å². The molecule has 4 heteroatoms. The Morgan fingerprint density at radius 3 is 2.52 bits per heavy atom. The summed E-state index contributed by atoms with van der Waals surface area (Å²) in [5.41, 5.74) is 2.85. The lowest BCUT2D eigenvalue weighted by atomic mass is 9.60. The third kappa shape index (κ3) is 3.84. The Kier molecular flexibility index (Phi) is 5.10. The molecule has 1 N–H and O–H groups in total. The van der Waals surface area contributed by atoms with Gasteiger partial charge in [-0.15, -0.1) is 11.3 Å². The van der Waals surface area contributed by atoms with Crippen LogP contribution < -0.4 is 10.1 Å². The van der Waals surface area contributed by atoms with Crippen molar-refractivity contribution in [1.82, 2.24) is 4.98 Å². The largest absolute Gasteiger partial charge is 0.496 e. The quantitative estimate of drug-likeness (QED) is 0.704. The van der Waals surface area contributed by atoms with Crippen LogP contribution in [-0.2, 0) is 0 Å². The molecule has 0 saturated heterocycles. The van der Waals surface area contributed by atoms with Crippen LogP contribution in [0.4, 0.5) is 5.13 Å². The van der Waals surface area contributed by atoms with Crippen molar-refractivity contribution in [3.8, 4) is 17.0 Å². The van der Waals surface area contributed by atoms with Gasteiger partial charge in [-0.25, -0.2) is 4.98 Å². The number of rotatable bonds is 4. The normalized spacial score (nSPS) is 24.1. The molecular formula is C21H30N2OS. The van der Waals surface area contributed by atoms with Gasteiger partial charge in [-0.1, -0.05) is 39.8 Å². The van der Waals surface area contributed by atoms with Gasteiger partial charge in [0.1, 0.15) is 5.75 Å². The first kappa shape index (κ1) is 18.2. The monoisotopic (exact) mass is 358 g/mol. The van der Waals surface area contributed by atoms with E-state index < -0.39 is 0 Å². The Hall–Kier alpha value is -1.55. The molecule has 136 valence electrons. The molecule has 3 rings (SSSR count). The molecule has 1 saturated carbocycles. The van der Waals surface area contributed by atoms with E-state index in [-0.39, 0.29) is 0 Å². The molecule has 0 amide bonds. The predicted molar refractivity (Wildman–Crippen MR) is 108 cm³/mol. The van der Waals surface area contributed by atoms with Crippen LogP contribution >= 0.6 is 11.3 Å². The summed E-state index contributed by atoms with van der Waals surface area (Å²) in [6, 6.07) is 8.59. The van der Waals surface area contributed by atoms with E-state index in [4.69, 9.17) is 9.72 Å². The van der Waals surface area contributed by atoms with Crippen LogP contribution in [0, 0.1) is 10.8 Å². The Bertz CT molecular complexity index is 709. The average Bonchev–Trinajstić information content (AvgIpc) is 3.04. The molecule has 3 nitrogen and oxygen atoms in total. The number of hydrogen-bond acceptors (Lipinski definition) is 4. The molecule has 25 heavy (non-hydrogen) atoms. The highest BCUT2D eigenvalue weighted by molar-refractivity contribution is 7.14. The first-order valence-electron chi connectivity index (χ1n) is 9.18. The Labute approximate surface area is 155 Å². The number of methoxy groups -OCH3 is 1. The zero-order chi connectivity index (χ0) is 18.1. The molecule has 1 aromatic carbocycles. The van der Waals surface area contributed by atoms with Gasteiger partial charge in [0, 0.05) is 17.0 Å². The van der Waals surface area contributed by atoms with Crippen LogP contribution in [0.2, 0.25) is 0 Å². The maximum absolute atomic E-state index is 5.46. The summed E-state index contributed by atoms with van der Waals surface area (Å²) < 4.78 is 5.46. The number of benzene rings is 1. The minimum absolute atomic E-state index is 0.371. The van der Waals surface area contributed by atoms with Gasteiger partial charge in [-0.05, 0) is 48.6 Å². The lowest BCUT2D eigenvalue weighted by molar-refractivity contribution is 0.0563. The molecule has 1 heterocycles. The molecule has 2 aromatic rings. The van der Waals surface area contributed by atoms with Crippen molar-refractivity contribution in [1.29, 1.82) is 0 Å². The molecule has 0 spiro atoms. The van der Waals surface area contributed by atoms with Crippen LogP contribution in [0.1, 0.15) is 53.4 Å². The van der Waals surface area contributed by atoms with E-state index in [1.807, 2.05) is 18.2 Å². The second kappa shape index (κ2) is 6.99. The summed E-state index contributed by atoms with van der Waals surface area (Å²) in [5.74, 6) is 0.873. The van der Waals surface area contributed by atoms with Gasteiger partial charge in [0.15, 0.2) is 5.13 Å². The standard InChI is InChI=1S/C21H30N2OS/c1-20(2,3)21(4)12-10-15(11-13-21)22-19-23-17(14-25-19)16-8-6-7-9-18(16)24-5/h6-9,14-15H,10-13H2,1-5H3,(H,22,23). The second-order valence-corrected chi connectivity index (χ2v) is 9.33. The molecule has 1 fully saturated rings. The van der Waals surface area contributed by atoms with Gasteiger partial charge in [-0.2, -0.15) is 0 Å². The van der Waals surface area contributed by atoms with Crippen molar-refractivity contribution < 1.29 is 4.74 Å². The number of nitrogens with zero attached hydrogens (tertiary/aromatic N) is 1. The van der Waals surface area contributed by atoms with Crippen LogP contribution in [0.3, 0.4) is 0 Å². The highest BCUT2D eigenvalue weighted by atomic mass is 32.1. The lowest BCUT2D eigenvalue weighted by Gasteiger charge is -2.47. The van der Waals surface area contributed by atoms with E-state index in [9.17, 15) is 0 Å². The van der Waals surface area contributed by atoms with Crippen molar-refractivity contribution in [2.45, 2.75) is 59.4 Å². The summed E-state index contributed by atoms with van der Waals surface area (Å²) in [7, 11) is 1.71. The predicted octanol–water partition coefficient (Wildman–Crippen LogP) is 6.23. The topological polar surface area (TPSA) is 34.1 Å². The van der Waals surface area contributed by atoms with Gasteiger partial charge in [0.2, 0.25) is 0 Å². The molecular weight excluding hydrogens is 328 g/mol. The molecule has 1 aliphatic carbocycles. The number of thiazole rings is 1. The van der Waals surface area contributed by atoms with Gasteiger partial charge < -0.3 is 10.1 Å². The van der Waals surface area contributed by atoms with E-state index in [2.05, 4.69) is 44.5 Å². The Morgan fingerprint density at radius 1 is 1.20 bits per heavy atom. The number of hydrogen-bond donors (Lipinski definition) is 1. The Morgan fingerprint density at radius 2 is 1.88 bits per heavy atom. The van der Waals surface area contributed by atoms with Crippen LogP contribution in [0.25, 0.3) is 11.3 Å². The highest BCUT2D eigenvalue weighted by Gasteiger charge is 2.40. The minimum Gasteiger partial charge on any atom is -0.496 e. The van der Waals surface area contributed by atoms with Gasteiger partial charge in [0.25, 0.3) is 0 Å². The van der Waals surface area contributed by atoms with E-state index in [1.165, 1.54) is 25.7 Å². The fourth-order valence-electron chi connectivity index (χ4n) is 3.64. The van der Waals surface area contributed by atoms with Crippen molar-refractivity contribution in [3.63, 3.8) is 0 Å². The Balaban J connectivity index is 1.65. The summed E-state index contributed by atoms with van der Waals surface area (Å²) in [4.78, 5) is 4.80. The lowest BCUT2D eigenvalue weighted by Crippen LogP contribution is -2.39. The molecule has 1 aromatic heterocycles. The van der Waals surface area contributed by atoms with Crippen LogP contribution in [-0.4, -0.2) is 18.1 Å². The van der Waals surface area contributed by atoms with Crippen molar-refractivity contribution in [2.75, 3.05) is 12.4 Å². The smallest absolute Gasteiger partial charge is 0.183 e. The summed E-state index contributed by atoms with van der Waals surface area (Å²) >= 11 is 1.68. The molecule has 0 radical (unpaired) electrons. The van der Waals surface area contributed by atoms with Crippen LogP contribution in [0.5, 0.6) is 5.75 Å². The minimum atomic E-state index is 0.371. The zero-order valence-corrected chi connectivity index (χ0v) is 16.9. The number of anilines is 1. The highest BCUT2D eigenvalue weighted by Crippen LogP contribution is 2.49. The summed E-state index contributed by atoms with van der Waals surface area (Å²) in [5, 5.41) is 6.80. The number of para-hydroxylation sites is 1. The number of aromatic nitrogens is 1. The SMILES string of the molecule is COc1ccccc1-c1csc(NC2CCC(C)(C(C)(C)C)CC2)n1. The maximum Gasteiger partial charge on any atom is 0.183 e. The fraction of sp³-hybridized carbons (Fsp3) is 0.571. The third-order valence-electron chi connectivity index (χ3n) is 6.11. The van der Waals surface area contributed by atoms with Crippen molar-refractivity contribution in [3.05, 3.63) is 29.6 Å². The van der Waals surface area contributed by atoms with Gasteiger partial charge in [0.05, 0.1) is 12.8 Å². The molecule has 0 bridgehead atoms. The molecule has 0 aliphatic heterocycles. The fourth-order valence-corrected chi connectivity index (χ4v) is 4.43. The maximum atomic E-state index is 5.46. The summed E-state index contributed by atoms with van der Waals surface area (Å²) in [6.45, 7) is 9.58. The van der Waals surface area contributed by atoms with Gasteiger partial charge >= 0.3 is 0 Å². The van der Waals surface area contributed by atoms with E-state index in [0.717, 1.165) is 22.1 Å². The summed E-state index contributed by atoms with van der Waals surface area (Å²) in [6.07, 6.45) is 4.99.